The molecule has 0 amide bonds. The summed E-state index contributed by atoms with van der Waals surface area (Å²) in [4.78, 5) is 0. The molecule has 0 N–H and O–H groups in total. The topological polar surface area (TPSA) is 66.4 Å². The predicted octanol–water partition coefficient (Wildman–Crippen LogP) is 3.11. The summed E-state index contributed by atoms with van der Waals surface area (Å²) in [7, 11) is -4.48. The fourth-order valence-corrected chi connectivity index (χ4v) is 2.07. The quantitative estimate of drug-likeness (QED) is 0.238. The summed E-state index contributed by atoms with van der Waals surface area (Å²) in [5.41, 5.74) is 0. The van der Waals surface area contributed by atoms with Crippen molar-refractivity contribution < 1.29 is 36.6 Å². The third kappa shape index (κ3) is 18.8. The molecule has 6 heteroatoms. The van der Waals surface area contributed by atoms with Gasteiger partial charge in [0.2, 0.25) is 10.4 Å². The summed E-state index contributed by atoms with van der Waals surface area (Å²) in [6.45, 7) is 2.24. The van der Waals surface area contributed by atoms with Crippen molar-refractivity contribution in [3.63, 3.8) is 0 Å². The van der Waals surface area contributed by atoms with Gasteiger partial charge in [0.1, 0.15) is 0 Å². The van der Waals surface area contributed by atoms with Gasteiger partial charge in [-0.15, -0.1) is 0 Å². The first-order chi connectivity index (χ1) is 8.06. The standard InChI is InChI=1S/C12H26O4S.Zn.H/c1-2-3-4-5-6-7-8-9-10-11-12-16-17(13,14)15;;/h2-12H2,1H3,(H,13,14,15);;/q;+1;/p-1. The van der Waals surface area contributed by atoms with Gasteiger partial charge in [0.25, 0.3) is 0 Å². The van der Waals surface area contributed by atoms with E-state index in [-0.39, 0.29) is 26.1 Å². The minimum atomic E-state index is -4.48. The van der Waals surface area contributed by atoms with Gasteiger partial charge >= 0.3 is 19.5 Å². The molecule has 0 saturated carbocycles. The van der Waals surface area contributed by atoms with Gasteiger partial charge < -0.3 is 4.55 Å². The van der Waals surface area contributed by atoms with E-state index in [2.05, 4.69) is 11.1 Å². The van der Waals surface area contributed by atoms with E-state index in [1.165, 1.54) is 44.9 Å². The summed E-state index contributed by atoms with van der Waals surface area (Å²) < 4.78 is 34.5. The van der Waals surface area contributed by atoms with Gasteiger partial charge in [-0.25, -0.2) is 8.42 Å². The van der Waals surface area contributed by atoms with E-state index in [9.17, 15) is 13.0 Å². The first kappa shape index (κ1) is 20.8. The molecule has 106 valence electrons. The molecular formula is C12H26O4SZn. The van der Waals surface area contributed by atoms with Crippen LogP contribution in [0.3, 0.4) is 0 Å². The molecular weight excluding hydrogens is 306 g/mol. The molecule has 0 fully saturated rings. The van der Waals surface area contributed by atoms with Crippen molar-refractivity contribution in [3.05, 3.63) is 0 Å². The number of rotatable bonds is 12. The molecule has 0 heterocycles. The third-order valence-corrected chi connectivity index (χ3v) is 3.18. The van der Waals surface area contributed by atoms with Crippen LogP contribution in [0.1, 0.15) is 71.1 Å². The van der Waals surface area contributed by atoms with Crippen molar-refractivity contribution >= 4 is 10.4 Å². The van der Waals surface area contributed by atoms with Crippen LogP contribution >= 0.6 is 0 Å². The van der Waals surface area contributed by atoms with Crippen molar-refractivity contribution in [1.82, 2.24) is 0 Å². The zero-order valence-electron chi connectivity index (χ0n) is 11.8. The fraction of sp³-hybridized carbons (Fsp3) is 1.00. The monoisotopic (exact) mass is 330 g/mol. The SMILES string of the molecule is CCCCCCCCCCCCOS(=O)(=O)[O-].[ZnH+]. The second-order valence-corrected chi connectivity index (χ2v) is 5.46. The Hall–Kier alpha value is 0.493. The number of unbranched alkanes of at least 4 members (excludes halogenated alkanes) is 9. The Morgan fingerprint density at radius 1 is 0.833 bits per heavy atom. The molecule has 0 saturated heterocycles. The van der Waals surface area contributed by atoms with Gasteiger partial charge in [-0.05, 0) is 6.42 Å². The minimum absolute atomic E-state index is 0. The molecule has 0 unspecified atom stereocenters. The summed E-state index contributed by atoms with van der Waals surface area (Å²) >= 11 is 0. The normalized spacial score (nSPS) is 11.2. The van der Waals surface area contributed by atoms with Gasteiger partial charge in [-0.1, -0.05) is 64.7 Å². The van der Waals surface area contributed by atoms with Crippen LogP contribution in [0.15, 0.2) is 0 Å². The van der Waals surface area contributed by atoms with Crippen molar-refractivity contribution in [2.45, 2.75) is 71.1 Å². The molecule has 0 aliphatic heterocycles. The summed E-state index contributed by atoms with van der Waals surface area (Å²) in [5.74, 6) is 0. The van der Waals surface area contributed by atoms with Crippen LogP contribution in [-0.2, 0) is 34.1 Å². The fourth-order valence-electron chi connectivity index (χ4n) is 1.75. The van der Waals surface area contributed by atoms with Crippen molar-refractivity contribution in [3.8, 4) is 0 Å². The average molecular weight is 332 g/mol. The number of hydrogen-bond donors (Lipinski definition) is 0. The van der Waals surface area contributed by atoms with E-state index in [1.807, 2.05) is 0 Å². The first-order valence-corrected chi connectivity index (χ1v) is 8.00. The maximum atomic E-state index is 10.1. The van der Waals surface area contributed by atoms with Crippen LogP contribution < -0.4 is 0 Å². The molecule has 0 rings (SSSR count). The summed E-state index contributed by atoms with van der Waals surface area (Å²) in [6.07, 6.45) is 11.7. The van der Waals surface area contributed by atoms with Gasteiger partial charge in [0, 0.05) is 0 Å². The van der Waals surface area contributed by atoms with E-state index >= 15 is 0 Å². The van der Waals surface area contributed by atoms with E-state index < -0.39 is 10.4 Å². The molecule has 0 aromatic carbocycles. The van der Waals surface area contributed by atoms with E-state index in [1.54, 1.807) is 0 Å². The van der Waals surface area contributed by atoms with E-state index in [4.69, 9.17) is 0 Å². The van der Waals surface area contributed by atoms with Crippen molar-refractivity contribution in [2.24, 2.45) is 0 Å². The zero-order valence-corrected chi connectivity index (χ0v) is 16.8. The van der Waals surface area contributed by atoms with Gasteiger partial charge in [-0.2, -0.15) is 0 Å². The molecule has 0 spiro atoms. The Morgan fingerprint density at radius 3 is 1.61 bits per heavy atom. The van der Waals surface area contributed by atoms with Gasteiger partial charge in [0.05, 0.1) is 6.61 Å². The van der Waals surface area contributed by atoms with Crippen LogP contribution in [0, 0.1) is 0 Å². The Kier molecular flexibility index (Phi) is 16.1. The predicted molar refractivity (Wildman–Crippen MR) is 68.9 cm³/mol. The molecule has 18 heavy (non-hydrogen) atoms. The molecule has 0 aliphatic carbocycles. The molecule has 0 aliphatic rings. The Labute approximate surface area is 125 Å². The molecule has 0 bridgehead atoms. The Morgan fingerprint density at radius 2 is 1.22 bits per heavy atom. The maximum absolute atomic E-state index is 10.1. The Balaban J connectivity index is 0. The third-order valence-electron chi connectivity index (χ3n) is 2.73. The Bertz CT molecular complexity index is 255. The second-order valence-electron chi connectivity index (χ2n) is 4.41. The summed E-state index contributed by atoms with van der Waals surface area (Å²) in [5, 5.41) is 0. The first-order valence-electron chi connectivity index (χ1n) is 6.66. The second kappa shape index (κ2) is 13.9. The van der Waals surface area contributed by atoms with Crippen LogP contribution in [0.4, 0.5) is 0 Å². The number of hydrogen-bond acceptors (Lipinski definition) is 4. The summed E-state index contributed by atoms with van der Waals surface area (Å²) in [6, 6.07) is 0. The van der Waals surface area contributed by atoms with Crippen molar-refractivity contribution in [2.75, 3.05) is 6.61 Å². The molecule has 0 atom stereocenters. The van der Waals surface area contributed by atoms with E-state index in [0.717, 1.165) is 12.8 Å². The van der Waals surface area contributed by atoms with Crippen LogP contribution in [0.5, 0.6) is 0 Å². The molecule has 4 nitrogen and oxygen atoms in total. The molecule has 0 aromatic rings. The van der Waals surface area contributed by atoms with Crippen LogP contribution in [0.2, 0.25) is 0 Å². The molecule has 0 aromatic heterocycles. The van der Waals surface area contributed by atoms with Crippen LogP contribution in [-0.4, -0.2) is 19.6 Å². The zero-order chi connectivity index (χ0) is 13.0. The van der Waals surface area contributed by atoms with Crippen molar-refractivity contribution in [1.29, 1.82) is 0 Å². The van der Waals surface area contributed by atoms with Gasteiger partial charge in [0.15, 0.2) is 0 Å². The van der Waals surface area contributed by atoms with Crippen LogP contribution in [0.25, 0.3) is 0 Å². The molecule has 1 radical (unpaired) electrons. The van der Waals surface area contributed by atoms with Gasteiger partial charge in [-0.3, -0.25) is 4.18 Å². The average Bonchev–Trinajstić information content (AvgIpc) is 2.24. The van der Waals surface area contributed by atoms with E-state index in [0.29, 0.717) is 6.42 Å².